The summed E-state index contributed by atoms with van der Waals surface area (Å²) in [6, 6.07) is 77.5. The van der Waals surface area contributed by atoms with Crippen molar-refractivity contribution < 1.29 is 0 Å². The minimum Gasteiger partial charge on any atom is -0.292 e. The molecule has 2 nitrogen and oxygen atoms in total. The molecule has 9 aromatic carbocycles. The van der Waals surface area contributed by atoms with Gasteiger partial charge in [0.1, 0.15) is 5.65 Å². The Morgan fingerprint density at radius 3 is 1.36 bits per heavy atom. The number of hydrogen-bond acceptors (Lipinski definition) is 1. The van der Waals surface area contributed by atoms with Gasteiger partial charge in [0.25, 0.3) is 0 Å². The van der Waals surface area contributed by atoms with Crippen LogP contribution in [0.15, 0.2) is 206 Å². The first kappa shape index (κ1) is 31.5. The van der Waals surface area contributed by atoms with E-state index in [9.17, 15) is 0 Å². The zero-order chi connectivity index (χ0) is 38.5. The lowest BCUT2D eigenvalue weighted by Crippen LogP contribution is -2.43. The molecule has 14 rings (SSSR count). The smallest absolute Gasteiger partial charge is 0.146 e. The second-order valence-corrected chi connectivity index (χ2v) is 16.5. The van der Waals surface area contributed by atoms with Crippen molar-refractivity contribution in [3.8, 4) is 33.4 Å². The van der Waals surface area contributed by atoms with Gasteiger partial charge in [0, 0.05) is 10.8 Å². The molecule has 2 aromatic heterocycles. The molecule has 0 fully saturated rings. The van der Waals surface area contributed by atoms with E-state index in [0.29, 0.717) is 0 Å². The summed E-state index contributed by atoms with van der Waals surface area (Å²) in [5.74, 6) is 0. The standard InChI is InChI=1S/C57H34N2/c1-5-19-44-38(15-1)39-16-2-6-20-45(39)56(44)47-22-8-10-24-49(47)57(50-25-11-9-23-48(50)56)46-21-7-3-17-40(46)41-32-30-36(34-51(41)57)35-29-31-37-42-18-4-13-27-53(42)59-54-28-14-12-26-52(54)58-55(59)43(37)33-35/h1-34H. The predicted molar refractivity (Wildman–Crippen MR) is 241 cm³/mol. The van der Waals surface area contributed by atoms with Gasteiger partial charge in [-0.2, -0.15) is 0 Å². The summed E-state index contributed by atoms with van der Waals surface area (Å²) in [4.78, 5) is 5.26. The van der Waals surface area contributed by atoms with Crippen molar-refractivity contribution in [1.82, 2.24) is 9.38 Å². The minimum atomic E-state index is -0.534. The largest absolute Gasteiger partial charge is 0.292 e. The van der Waals surface area contributed by atoms with E-state index < -0.39 is 10.8 Å². The number of pyridine rings is 1. The van der Waals surface area contributed by atoms with Crippen LogP contribution in [0.2, 0.25) is 0 Å². The highest BCUT2D eigenvalue weighted by Gasteiger charge is 2.58. The van der Waals surface area contributed by atoms with E-state index in [-0.39, 0.29) is 0 Å². The molecule has 11 aromatic rings. The summed E-state index contributed by atoms with van der Waals surface area (Å²) in [7, 11) is 0. The number of para-hydroxylation sites is 3. The zero-order valence-electron chi connectivity index (χ0n) is 32.0. The Hall–Kier alpha value is -7.55. The molecule has 272 valence electrons. The van der Waals surface area contributed by atoms with Crippen molar-refractivity contribution >= 4 is 38.4 Å². The molecule has 0 saturated carbocycles. The van der Waals surface area contributed by atoms with Crippen molar-refractivity contribution in [1.29, 1.82) is 0 Å². The fourth-order valence-electron chi connectivity index (χ4n) is 11.9. The molecule has 59 heavy (non-hydrogen) atoms. The van der Waals surface area contributed by atoms with Gasteiger partial charge in [0.05, 0.1) is 27.4 Å². The number of hydrogen-bond donors (Lipinski definition) is 0. The number of imidazole rings is 1. The van der Waals surface area contributed by atoms with Gasteiger partial charge < -0.3 is 0 Å². The Balaban J connectivity index is 1.07. The van der Waals surface area contributed by atoms with Gasteiger partial charge in [-0.25, -0.2) is 4.98 Å². The molecule has 0 radical (unpaired) electrons. The summed E-state index contributed by atoms with van der Waals surface area (Å²) in [6.45, 7) is 0. The van der Waals surface area contributed by atoms with Crippen LogP contribution in [0, 0.1) is 0 Å². The summed E-state index contributed by atoms with van der Waals surface area (Å²) < 4.78 is 2.34. The maximum Gasteiger partial charge on any atom is 0.146 e. The SMILES string of the molecule is c1ccc2c(c1)-c1ccccc1C21c2ccccc2C2(c3ccccc3-c3ccc(-c4ccc5c6ccccc6n6c7ccccc7nc6c5c4)cc32)c2ccccc21. The first-order valence-corrected chi connectivity index (χ1v) is 20.6. The fraction of sp³-hybridized carbons (Fsp3) is 0.0351. The maximum atomic E-state index is 5.26. The van der Waals surface area contributed by atoms with E-state index >= 15 is 0 Å². The highest BCUT2D eigenvalue weighted by molar-refractivity contribution is 6.14. The second-order valence-electron chi connectivity index (χ2n) is 16.5. The molecule has 2 spiro atoms. The van der Waals surface area contributed by atoms with Gasteiger partial charge in [0.15, 0.2) is 0 Å². The van der Waals surface area contributed by atoms with Gasteiger partial charge >= 0.3 is 0 Å². The Bertz CT molecular complexity index is 3550. The first-order chi connectivity index (χ1) is 29.3. The van der Waals surface area contributed by atoms with Crippen molar-refractivity contribution in [3.05, 3.63) is 251 Å². The molecule has 2 heterocycles. The Morgan fingerprint density at radius 1 is 0.305 bits per heavy atom. The molecular weight excluding hydrogens is 713 g/mol. The van der Waals surface area contributed by atoms with Crippen LogP contribution in [0.1, 0.15) is 44.5 Å². The molecule has 0 aliphatic heterocycles. The molecule has 0 amide bonds. The molecule has 0 bridgehead atoms. The van der Waals surface area contributed by atoms with E-state index in [1.165, 1.54) is 94.2 Å². The van der Waals surface area contributed by atoms with Crippen LogP contribution < -0.4 is 0 Å². The number of rotatable bonds is 1. The summed E-state index contributed by atoms with van der Waals surface area (Å²) in [5, 5.41) is 3.60. The third-order valence-corrected chi connectivity index (χ3v) is 14.1. The molecule has 0 saturated heterocycles. The van der Waals surface area contributed by atoms with E-state index in [4.69, 9.17) is 4.98 Å². The lowest BCUT2D eigenvalue weighted by Gasteiger charge is -2.48. The fourth-order valence-corrected chi connectivity index (χ4v) is 11.9. The van der Waals surface area contributed by atoms with Crippen LogP contribution >= 0.6 is 0 Å². The molecule has 0 N–H and O–H groups in total. The van der Waals surface area contributed by atoms with Crippen LogP contribution in [-0.4, -0.2) is 9.38 Å². The molecule has 3 aliphatic carbocycles. The number of aromatic nitrogens is 2. The maximum absolute atomic E-state index is 5.26. The van der Waals surface area contributed by atoms with Crippen LogP contribution in [0.4, 0.5) is 0 Å². The number of nitrogens with zero attached hydrogens (tertiary/aromatic N) is 2. The molecular formula is C57H34N2. The van der Waals surface area contributed by atoms with Crippen LogP contribution in [0.3, 0.4) is 0 Å². The molecule has 2 heteroatoms. The van der Waals surface area contributed by atoms with E-state index in [1.54, 1.807) is 0 Å². The van der Waals surface area contributed by atoms with Crippen molar-refractivity contribution in [2.75, 3.05) is 0 Å². The Kier molecular flexibility index (Phi) is 5.93. The van der Waals surface area contributed by atoms with Gasteiger partial charge in [-0.1, -0.05) is 176 Å². The van der Waals surface area contributed by atoms with Crippen molar-refractivity contribution in [2.45, 2.75) is 10.8 Å². The summed E-state index contributed by atoms with van der Waals surface area (Å²) >= 11 is 0. The summed E-state index contributed by atoms with van der Waals surface area (Å²) in [6.07, 6.45) is 0. The third kappa shape index (κ3) is 3.68. The van der Waals surface area contributed by atoms with Crippen LogP contribution in [0.25, 0.3) is 71.7 Å². The minimum absolute atomic E-state index is 0.457. The quantitative estimate of drug-likeness (QED) is 0.153. The average molecular weight is 747 g/mol. The van der Waals surface area contributed by atoms with Crippen LogP contribution in [0.5, 0.6) is 0 Å². The topological polar surface area (TPSA) is 17.3 Å². The molecule has 3 aliphatic rings. The van der Waals surface area contributed by atoms with E-state index in [0.717, 1.165) is 22.1 Å². The van der Waals surface area contributed by atoms with Gasteiger partial charge in [-0.05, 0) is 114 Å². The summed E-state index contributed by atoms with van der Waals surface area (Å²) in [5.41, 5.74) is 21.7. The first-order valence-electron chi connectivity index (χ1n) is 20.6. The Labute approximate surface area is 341 Å². The van der Waals surface area contributed by atoms with Crippen LogP contribution in [-0.2, 0) is 10.8 Å². The second kappa shape index (κ2) is 11.1. The van der Waals surface area contributed by atoms with Gasteiger partial charge in [-0.15, -0.1) is 0 Å². The van der Waals surface area contributed by atoms with Gasteiger partial charge in [-0.3, -0.25) is 4.40 Å². The average Bonchev–Trinajstić information content (AvgIpc) is 3.94. The third-order valence-electron chi connectivity index (χ3n) is 14.1. The lowest BCUT2D eigenvalue weighted by molar-refractivity contribution is 0.633. The van der Waals surface area contributed by atoms with E-state index in [2.05, 4.69) is 211 Å². The normalized spacial score (nSPS) is 14.7. The molecule has 0 unspecified atom stereocenters. The zero-order valence-corrected chi connectivity index (χ0v) is 32.0. The van der Waals surface area contributed by atoms with E-state index in [1.807, 2.05) is 0 Å². The molecule has 0 atom stereocenters. The number of fused-ring (bicyclic) bond motifs is 24. The highest BCUT2D eigenvalue weighted by Crippen LogP contribution is 2.67. The monoisotopic (exact) mass is 746 g/mol. The predicted octanol–water partition coefficient (Wildman–Crippen LogP) is 13.5. The highest BCUT2D eigenvalue weighted by atomic mass is 15.0. The van der Waals surface area contributed by atoms with Gasteiger partial charge in [0.2, 0.25) is 0 Å². The van der Waals surface area contributed by atoms with Crippen molar-refractivity contribution in [2.24, 2.45) is 0 Å². The van der Waals surface area contributed by atoms with Crippen molar-refractivity contribution in [3.63, 3.8) is 0 Å². The number of benzene rings is 9. The lowest BCUT2D eigenvalue weighted by atomic mass is 9.52. The Morgan fingerprint density at radius 2 is 0.746 bits per heavy atom.